The Balaban J connectivity index is 2.38. The fourth-order valence-corrected chi connectivity index (χ4v) is 1.72. The smallest absolute Gasteiger partial charge is 0.338 e. The normalized spacial score (nSPS) is 31.9. The van der Waals surface area contributed by atoms with Crippen LogP contribution in [0.5, 0.6) is 0 Å². The van der Waals surface area contributed by atoms with Gasteiger partial charge in [-0.3, -0.25) is 0 Å². The van der Waals surface area contributed by atoms with Crippen LogP contribution in [0.4, 0.5) is 0 Å². The van der Waals surface area contributed by atoms with Crippen LogP contribution in [0.15, 0.2) is 0 Å². The van der Waals surface area contributed by atoms with E-state index in [0.29, 0.717) is 12.5 Å². The molecule has 1 aliphatic heterocycles. The maximum atomic E-state index is 11.3. The van der Waals surface area contributed by atoms with E-state index in [4.69, 9.17) is 9.47 Å². The largest absolute Gasteiger partial charge is 0.464 e. The molecule has 3 heteroatoms. The number of rotatable bonds is 4. The summed E-state index contributed by atoms with van der Waals surface area (Å²) in [5, 5.41) is 0. The van der Waals surface area contributed by atoms with Crippen molar-refractivity contribution >= 4 is 5.97 Å². The van der Waals surface area contributed by atoms with E-state index in [-0.39, 0.29) is 17.7 Å². The van der Waals surface area contributed by atoms with Crippen LogP contribution in [0.1, 0.15) is 34.1 Å². The third-order valence-electron chi connectivity index (χ3n) is 2.20. The molecule has 3 nitrogen and oxygen atoms in total. The van der Waals surface area contributed by atoms with Gasteiger partial charge in [0.2, 0.25) is 0 Å². The standard InChI is InChI=1S/C10H18O3/c1-5-12-9(11)8-10(4,13-8)6-7(2)3/h7-8H,5-6H2,1-4H3/t8-,10+/m1/s1. The van der Waals surface area contributed by atoms with Gasteiger partial charge in [-0.25, -0.2) is 4.79 Å². The minimum atomic E-state index is -0.324. The van der Waals surface area contributed by atoms with Crippen molar-refractivity contribution in [1.29, 1.82) is 0 Å². The molecule has 0 aliphatic carbocycles. The highest BCUT2D eigenvalue weighted by Crippen LogP contribution is 2.42. The number of carbonyl (C=O) groups is 1. The van der Waals surface area contributed by atoms with Crippen molar-refractivity contribution in [2.24, 2.45) is 5.92 Å². The van der Waals surface area contributed by atoms with Gasteiger partial charge in [0.25, 0.3) is 0 Å². The van der Waals surface area contributed by atoms with Crippen molar-refractivity contribution in [2.75, 3.05) is 6.61 Å². The molecule has 0 aromatic heterocycles. The Bertz CT molecular complexity index is 200. The first-order chi connectivity index (χ1) is 5.99. The van der Waals surface area contributed by atoms with Crippen LogP contribution < -0.4 is 0 Å². The summed E-state index contributed by atoms with van der Waals surface area (Å²) in [5.41, 5.74) is -0.263. The van der Waals surface area contributed by atoms with Crippen LogP contribution in [-0.2, 0) is 14.3 Å². The van der Waals surface area contributed by atoms with Crippen LogP contribution in [0.25, 0.3) is 0 Å². The maximum Gasteiger partial charge on any atom is 0.338 e. The third-order valence-corrected chi connectivity index (χ3v) is 2.20. The van der Waals surface area contributed by atoms with Crippen molar-refractivity contribution in [3.8, 4) is 0 Å². The van der Waals surface area contributed by atoms with Gasteiger partial charge in [-0.2, -0.15) is 0 Å². The van der Waals surface area contributed by atoms with E-state index >= 15 is 0 Å². The zero-order valence-electron chi connectivity index (χ0n) is 8.79. The van der Waals surface area contributed by atoms with Gasteiger partial charge in [-0.15, -0.1) is 0 Å². The summed E-state index contributed by atoms with van der Waals surface area (Å²) in [6.07, 6.45) is 0.589. The molecular formula is C10H18O3. The lowest BCUT2D eigenvalue weighted by molar-refractivity contribution is -0.144. The Morgan fingerprint density at radius 3 is 2.69 bits per heavy atom. The predicted octanol–water partition coefficient (Wildman–Crippen LogP) is 1.75. The molecule has 0 radical (unpaired) electrons. The molecule has 0 spiro atoms. The van der Waals surface area contributed by atoms with E-state index in [1.165, 1.54) is 0 Å². The fraction of sp³-hybridized carbons (Fsp3) is 0.900. The Labute approximate surface area is 79.4 Å². The molecule has 76 valence electrons. The quantitative estimate of drug-likeness (QED) is 0.496. The predicted molar refractivity (Wildman–Crippen MR) is 49.4 cm³/mol. The highest BCUT2D eigenvalue weighted by atomic mass is 16.7. The minimum absolute atomic E-state index is 0.217. The Kier molecular flexibility index (Phi) is 2.96. The second-order valence-electron chi connectivity index (χ2n) is 4.16. The molecule has 1 saturated heterocycles. The molecule has 0 amide bonds. The molecule has 0 saturated carbocycles. The summed E-state index contributed by atoms with van der Waals surface area (Å²) in [7, 11) is 0. The third kappa shape index (κ3) is 2.44. The Morgan fingerprint density at radius 2 is 2.23 bits per heavy atom. The van der Waals surface area contributed by atoms with Gasteiger partial charge in [-0.05, 0) is 26.2 Å². The zero-order chi connectivity index (χ0) is 10.1. The van der Waals surface area contributed by atoms with E-state index in [1.54, 1.807) is 6.92 Å². The summed E-state index contributed by atoms with van der Waals surface area (Å²) in [6.45, 7) is 8.44. The summed E-state index contributed by atoms with van der Waals surface area (Å²) >= 11 is 0. The average molecular weight is 186 g/mol. The van der Waals surface area contributed by atoms with Crippen molar-refractivity contribution in [1.82, 2.24) is 0 Å². The molecule has 2 atom stereocenters. The highest BCUT2D eigenvalue weighted by Gasteiger charge is 2.57. The molecular weight excluding hydrogens is 168 g/mol. The van der Waals surface area contributed by atoms with Gasteiger partial charge in [0, 0.05) is 0 Å². The van der Waals surface area contributed by atoms with Gasteiger partial charge in [0.1, 0.15) is 5.60 Å². The van der Waals surface area contributed by atoms with E-state index < -0.39 is 0 Å². The molecule has 1 aliphatic rings. The van der Waals surface area contributed by atoms with Crippen molar-refractivity contribution in [3.05, 3.63) is 0 Å². The molecule has 0 aromatic carbocycles. The van der Waals surface area contributed by atoms with E-state index in [1.807, 2.05) is 6.92 Å². The minimum Gasteiger partial charge on any atom is -0.464 e. The first kappa shape index (κ1) is 10.5. The molecule has 1 rings (SSSR count). The number of hydrogen-bond acceptors (Lipinski definition) is 3. The lowest BCUT2D eigenvalue weighted by Gasteiger charge is -2.08. The van der Waals surface area contributed by atoms with Gasteiger partial charge in [-0.1, -0.05) is 13.8 Å². The Morgan fingerprint density at radius 1 is 1.62 bits per heavy atom. The lowest BCUT2D eigenvalue weighted by atomic mass is 9.96. The highest BCUT2D eigenvalue weighted by molar-refractivity contribution is 5.79. The van der Waals surface area contributed by atoms with Gasteiger partial charge in [0.15, 0.2) is 6.10 Å². The molecule has 0 unspecified atom stereocenters. The molecule has 0 N–H and O–H groups in total. The van der Waals surface area contributed by atoms with Crippen LogP contribution >= 0.6 is 0 Å². The topological polar surface area (TPSA) is 38.8 Å². The maximum absolute atomic E-state index is 11.3. The molecule has 1 heterocycles. The number of ether oxygens (including phenoxy) is 2. The van der Waals surface area contributed by atoms with Gasteiger partial charge < -0.3 is 9.47 Å². The molecule has 0 aromatic rings. The average Bonchev–Trinajstić information content (AvgIpc) is 2.60. The van der Waals surface area contributed by atoms with E-state index in [0.717, 1.165) is 6.42 Å². The number of esters is 1. The molecule has 13 heavy (non-hydrogen) atoms. The lowest BCUT2D eigenvalue weighted by Crippen LogP contribution is -2.21. The molecule has 0 bridgehead atoms. The van der Waals surface area contributed by atoms with Crippen LogP contribution in [0, 0.1) is 5.92 Å². The van der Waals surface area contributed by atoms with Gasteiger partial charge >= 0.3 is 5.97 Å². The summed E-state index contributed by atoms with van der Waals surface area (Å²) < 4.78 is 10.2. The monoisotopic (exact) mass is 186 g/mol. The zero-order valence-corrected chi connectivity index (χ0v) is 8.79. The van der Waals surface area contributed by atoms with Crippen molar-refractivity contribution in [3.63, 3.8) is 0 Å². The van der Waals surface area contributed by atoms with Crippen LogP contribution in [0.2, 0.25) is 0 Å². The number of epoxide rings is 1. The van der Waals surface area contributed by atoms with Crippen LogP contribution in [0.3, 0.4) is 0 Å². The summed E-state index contributed by atoms with van der Waals surface area (Å²) in [4.78, 5) is 11.3. The second-order valence-corrected chi connectivity index (χ2v) is 4.16. The number of carbonyl (C=O) groups excluding carboxylic acids is 1. The van der Waals surface area contributed by atoms with E-state index in [9.17, 15) is 4.79 Å². The van der Waals surface area contributed by atoms with Gasteiger partial charge in [0.05, 0.1) is 6.61 Å². The van der Waals surface area contributed by atoms with Crippen molar-refractivity contribution in [2.45, 2.75) is 45.8 Å². The fourth-order valence-electron chi connectivity index (χ4n) is 1.72. The Hall–Kier alpha value is -0.570. The SMILES string of the molecule is CCOC(=O)[C@H]1O[C@@]1(C)CC(C)C. The first-order valence-electron chi connectivity index (χ1n) is 4.84. The van der Waals surface area contributed by atoms with Crippen molar-refractivity contribution < 1.29 is 14.3 Å². The van der Waals surface area contributed by atoms with E-state index in [2.05, 4.69) is 13.8 Å². The number of hydrogen-bond donors (Lipinski definition) is 0. The first-order valence-corrected chi connectivity index (χ1v) is 4.84. The second kappa shape index (κ2) is 3.66. The van der Waals surface area contributed by atoms with Crippen LogP contribution in [-0.4, -0.2) is 24.3 Å². The molecule has 1 fully saturated rings. The summed E-state index contributed by atoms with van der Waals surface area (Å²) in [5.74, 6) is 0.329. The summed E-state index contributed by atoms with van der Waals surface area (Å²) in [6, 6.07) is 0.